The molecule has 0 aliphatic carbocycles. The van der Waals surface area contributed by atoms with E-state index in [0.29, 0.717) is 36.0 Å². The van der Waals surface area contributed by atoms with Gasteiger partial charge >= 0.3 is 5.97 Å². The minimum Gasteiger partial charge on any atom is -0.489 e. The molecule has 0 spiro atoms. The van der Waals surface area contributed by atoms with Crippen LogP contribution in [0.3, 0.4) is 0 Å². The summed E-state index contributed by atoms with van der Waals surface area (Å²) in [6, 6.07) is 10.7. The number of aromatic nitrogens is 1. The van der Waals surface area contributed by atoms with Crippen LogP contribution >= 0.6 is 0 Å². The molecule has 1 aliphatic heterocycles. The highest BCUT2D eigenvalue weighted by Crippen LogP contribution is 2.32. The molecule has 2 aromatic carbocycles. The van der Waals surface area contributed by atoms with Crippen molar-refractivity contribution in [2.45, 2.75) is 26.3 Å². The maximum Gasteiger partial charge on any atom is 0.310 e. The van der Waals surface area contributed by atoms with Crippen LogP contribution in [0.4, 0.5) is 8.78 Å². The monoisotopic (exact) mass is 482 g/mol. The SMILES string of the molecule is C=CCOc1cccc2c1cc(C(=O)N1CCC[C@H](C(=O)OCC)C1)n2Cc1c(F)cccc1F. The molecule has 2 heterocycles. The number of amides is 1. The molecule has 3 aromatic rings. The smallest absolute Gasteiger partial charge is 0.310 e. The number of halogens is 2. The zero-order chi connectivity index (χ0) is 24.9. The van der Waals surface area contributed by atoms with Crippen molar-refractivity contribution in [2.75, 3.05) is 26.3 Å². The van der Waals surface area contributed by atoms with E-state index < -0.39 is 17.6 Å². The Bertz CT molecular complexity index is 1230. The maximum absolute atomic E-state index is 14.6. The van der Waals surface area contributed by atoms with Crippen LogP contribution in [0.5, 0.6) is 5.75 Å². The second-order valence-corrected chi connectivity index (χ2v) is 8.45. The summed E-state index contributed by atoms with van der Waals surface area (Å²) in [6.07, 6.45) is 2.91. The lowest BCUT2D eigenvalue weighted by Crippen LogP contribution is -2.43. The van der Waals surface area contributed by atoms with Gasteiger partial charge in [0, 0.05) is 24.0 Å². The molecule has 1 aliphatic rings. The number of nitrogens with zero attached hydrogens (tertiary/aromatic N) is 2. The average molecular weight is 483 g/mol. The number of ether oxygens (including phenoxy) is 2. The van der Waals surface area contributed by atoms with Gasteiger partial charge in [0.1, 0.15) is 29.7 Å². The minimum absolute atomic E-state index is 0.139. The molecule has 0 unspecified atom stereocenters. The molecule has 8 heteroatoms. The highest BCUT2D eigenvalue weighted by atomic mass is 19.1. The van der Waals surface area contributed by atoms with E-state index in [1.807, 2.05) is 0 Å². The number of hydrogen-bond donors (Lipinski definition) is 0. The Morgan fingerprint density at radius 1 is 1.17 bits per heavy atom. The van der Waals surface area contributed by atoms with Crippen molar-refractivity contribution in [1.82, 2.24) is 9.47 Å². The van der Waals surface area contributed by atoms with Gasteiger partial charge in [-0.1, -0.05) is 24.8 Å². The van der Waals surface area contributed by atoms with Crippen LogP contribution < -0.4 is 4.74 Å². The van der Waals surface area contributed by atoms with Crippen LogP contribution in [0.25, 0.3) is 10.9 Å². The van der Waals surface area contributed by atoms with Crippen LogP contribution in [0.2, 0.25) is 0 Å². The normalized spacial score (nSPS) is 15.7. The van der Waals surface area contributed by atoms with E-state index in [1.165, 1.54) is 18.2 Å². The van der Waals surface area contributed by atoms with Crippen molar-refractivity contribution in [1.29, 1.82) is 0 Å². The van der Waals surface area contributed by atoms with Gasteiger partial charge in [-0.05, 0) is 50.1 Å². The van der Waals surface area contributed by atoms with Crippen molar-refractivity contribution in [3.05, 3.63) is 78.0 Å². The van der Waals surface area contributed by atoms with Gasteiger partial charge in [-0.2, -0.15) is 0 Å². The summed E-state index contributed by atoms with van der Waals surface area (Å²) in [5, 5.41) is 0.647. The Labute approximate surface area is 202 Å². The summed E-state index contributed by atoms with van der Waals surface area (Å²) in [4.78, 5) is 27.6. The number of likely N-dealkylation sites (tertiary alicyclic amines) is 1. The molecule has 1 atom stereocenters. The van der Waals surface area contributed by atoms with Crippen molar-refractivity contribution >= 4 is 22.8 Å². The van der Waals surface area contributed by atoms with E-state index >= 15 is 0 Å². The summed E-state index contributed by atoms with van der Waals surface area (Å²) < 4.78 is 41.6. The third-order valence-corrected chi connectivity index (χ3v) is 6.19. The molecule has 4 rings (SSSR count). The van der Waals surface area contributed by atoms with Crippen LogP contribution in [-0.2, 0) is 16.1 Å². The summed E-state index contributed by atoms with van der Waals surface area (Å²) in [7, 11) is 0. The van der Waals surface area contributed by atoms with Crippen molar-refractivity contribution in [3.63, 3.8) is 0 Å². The Morgan fingerprint density at radius 2 is 1.91 bits per heavy atom. The van der Waals surface area contributed by atoms with Gasteiger partial charge in [-0.25, -0.2) is 8.78 Å². The van der Waals surface area contributed by atoms with Crippen molar-refractivity contribution in [3.8, 4) is 5.75 Å². The molecule has 1 aromatic heterocycles. The fourth-order valence-corrected chi connectivity index (χ4v) is 4.50. The molecule has 0 radical (unpaired) electrons. The van der Waals surface area contributed by atoms with Gasteiger partial charge < -0.3 is 18.9 Å². The molecular formula is C27H28F2N2O4. The van der Waals surface area contributed by atoms with Gasteiger partial charge in [0.2, 0.25) is 0 Å². The predicted octanol–water partition coefficient (Wildman–Crippen LogP) is 4.95. The molecular weight excluding hydrogens is 454 g/mol. The lowest BCUT2D eigenvalue weighted by Gasteiger charge is -2.31. The molecule has 35 heavy (non-hydrogen) atoms. The van der Waals surface area contributed by atoms with Crippen molar-refractivity contribution in [2.24, 2.45) is 5.92 Å². The summed E-state index contributed by atoms with van der Waals surface area (Å²) in [5.74, 6) is -1.89. The topological polar surface area (TPSA) is 60.8 Å². The summed E-state index contributed by atoms with van der Waals surface area (Å²) in [5.41, 5.74) is 0.734. The highest BCUT2D eigenvalue weighted by Gasteiger charge is 2.32. The third-order valence-electron chi connectivity index (χ3n) is 6.19. The molecule has 0 saturated carbocycles. The lowest BCUT2D eigenvalue weighted by molar-refractivity contribution is -0.149. The largest absolute Gasteiger partial charge is 0.489 e. The molecule has 6 nitrogen and oxygen atoms in total. The third kappa shape index (κ3) is 5.06. The van der Waals surface area contributed by atoms with E-state index in [-0.39, 0.29) is 49.4 Å². The summed E-state index contributed by atoms with van der Waals surface area (Å²) in [6.45, 7) is 6.48. The fraction of sp³-hybridized carbons (Fsp3) is 0.333. The van der Waals surface area contributed by atoms with Gasteiger partial charge in [-0.15, -0.1) is 0 Å². The van der Waals surface area contributed by atoms with Crippen LogP contribution in [-0.4, -0.2) is 47.6 Å². The van der Waals surface area contributed by atoms with Crippen LogP contribution in [0.15, 0.2) is 55.1 Å². The van der Waals surface area contributed by atoms with E-state index in [9.17, 15) is 18.4 Å². The molecule has 0 N–H and O–H groups in total. The average Bonchev–Trinajstić information content (AvgIpc) is 3.23. The first-order valence-electron chi connectivity index (χ1n) is 11.7. The first kappa shape index (κ1) is 24.4. The van der Waals surface area contributed by atoms with E-state index in [0.717, 1.165) is 0 Å². The van der Waals surface area contributed by atoms with Crippen LogP contribution in [0, 0.1) is 17.6 Å². The van der Waals surface area contributed by atoms with Crippen molar-refractivity contribution < 1.29 is 27.8 Å². The van der Waals surface area contributed by atoms with E-state index in [2.05, 4.69) is 6.58 Å². The fourth-order valence-electron chi connectivity index (χ4n) is 4.50. The molecule has 184 valence electrons. The Balaban J connectivity index is 1.77. The predicted molar refractivity (Wildman–Crippen MR) is 128 cm³/mol. The second kappa shape index (κ2) is 10.7. The highest BCUT2D eigenvalue weighted by molar-refractivity contribution is 6.00. The van der Waals surface area contributed by atoms with Gasteiger partial charge in [-0.3, -0.25) is 9.59 Å². The van der Waals surface area contributed by atoms with Crippen LogP contribution in [0.1, 0.15) is 35.8 Å². The van der Waals surface area contributed by atoms with Gasteiger partial charge in [0.15, 0.2) is 0 Å². The molecule has 1 amide bonds. The number of rotatable bonds is 8. The second-order valence-electron chi connectivity index (χ2n) is 8.45. The summed E-state index contributed by atoms with van der Waals surface area (Å²) >= 11 is 0. The zero-order valence-corrected chi connectivity index (χ0v) is 19.6. The Morgan fingerprint density at radius 3 is 2.63 bits per heavy atom. The number of piperidine rings is 1. The standard InChI is InChI=1S/C27H28F2N2O4/c1-3-14-35-25-12-6-11-23-19(25)15-24(31(23)17-20-21(28)9-5-10-22(20)29)26(32)30-13-7-8-18(16-30)27(33)34-4-2/h3,5-6,9-12,15,18H,1,4,7-8,13-14,16-17H2,2H3/t18-/m0/s1. The maximum atomic E-state index is 14.6. The number of benzene rings is 2. The number of carbonyl (C=O) groups excluding carboxylic acids is 2. The first-order chi connectivity index (χ1) is 16.9. The van der Waals surface area contributed by atoms with E-state index in [4.69, 9.17) is 9.47 Å². The zero-order valence-electron chi connectivity index (χ0n) is 19.6. The number of carbonyl (C=O) groups is 2. The molecule has 0 bridgehead atoms. The first-order valence-corrected chi connectivity index (χ1v) is 11.7. The number of fused-ring (bicyclic) bond motifs is 1. The quantitative estimate of drug-likeness (QED) is 0.337. The number of hydrogen-bond acceptors (Lipinski definition) is 4. The van der Waals surface area contributed by atoms with Gasteiger partial charge in [0.25, 0.3) is 5.91 Å². The Hall–Kier alpha value is -3.68. The minimum atomic E-state index is -0.690. The Kier molecular flexibility index (Phi) is 7.48. The number of esters is 1. The van der Waals surface area contributed by atoms with E-state index in [1.54, 1.807) is 46.7 Å². The molecule has 1 fully saturated rings. The van der Waals surface area contributed by atoms with Gasteiger partial charge in [0.05, 0.1) is 24.6 Å². The lowest BCUT2D eigenvalue weighted by atomic mass is 9.98. The molecule has 1 saturated heterocycles.